The van der Waals surface area contributed by atoms with Crippen molar-refractivity contribution in [3.63, 3.8) is 0 Å². The van der Waals surface area contributed by atoms with E-state index in [0.717, 1.165) is 51.5 Å². The lowest BCUT2D eigenvalue weighted by atomic mass is 9.96. The number of hydrogen-bond donors (Lipinski definition) is 2. The average molecular weight is 595 g/mol. The highest BCUT2D eigenvalue weighted by Crippen LogP contribution is 2.36. The molecule has 8 nitrogen and oxygen atoms in total. The average Bonchev–Trinajstić information content (AvgIpc) is 3.82. The number of benzene rings is 2. The molecule has 0 radical (unpaired) electrons. The number of ether oxygens (including phenoxy) is 1. The Bertz CT molecular complexity index is 1400. The molecule has 1 amide bonds. The van der Waals surface area contributed by atoms with Crippen molar-refractivity contribution in [3.8, 4) is 5.75 Å². The third-order valence-electron chi connectivity index (χ3n) is 8.10. The number of nitrogens with zero attached hydrogens (tertiary/aromatic N) is 4. The molecule has 2 aromatic carbocycles. The van der Waals surface area contributed by atoms with Crippen LogP contribution in [0.25, 0.3) is 10.9 Å². The molecule has 2 N–H and O–H groups in total. The highest BCUT2D eigenvalue weighted by Gasteiger charge is 2.23. The third-order valence-corrected chi connectivity index (χ3v) is 8.39. The van der Waals surface area contributed by atoms with Crippen molar-refractivity contribution >= 4 is 45.6 Å². The van der Waals surface area contributed by atoms with E-state index in [1.54, 1.807) is 12.1 Å². The molecule has 42 heavy (non-hydrogen) atoms. The molecule has 1 aliphatic heterocycles. The van der Waals surface area contributed by atoms with E-state index in [0.29, 0.717) is 46.4 Å². The number of carbonyl (C=O) groups excluding carboxylic acids is 1. The smallest absolute Gasteiger partial charge is 0.248 e. The van der Waals surface area contributed by atoms with Gasteiger partial charge in [-0.1, -0.05) is 31.5 Å². The van der Waals surface area contributed by atoms with Crippen LogP contribution in [0.3, 0.4) is 0 Å². The quantitative estimate of drug-likeness (QED) is 0.218. The molecule has 2 aliphatic rings. The second kappa shape index (κ2) is 14.3. The number of piperidine rings is 1. The number of anilines is 3. The molecule has 5 rings (SSSR count). The van der Waals surface area contributed by atoms with E-state index < -0.39 is 5.82 Å². The van der Waals surface area contributed by atoms with Crippen molar-refractivity contribution in [2.24, 2.45) is 11.8 Å². The van der Waals surface area contributed by atoms with Crippen LogP contribution in [0, 0.1) is 17.7 Å². The summed E-state index contributed by atoms with van der Waals surface area (Å²) in [6, 6.07) is 8.02. The summed E-state index contributed by atoms with van der Waals surface area (Å²) in [6.45, 7) is 11.3. The molecule has 10 heteroatoms. The summed E-state index contributed by atoms with van der Waals surface area (Å²) in [5.41, 5.74) is 1.79. The molecule has 3 aromatic rings. The number of likely N-dealkylation sites (tertiary alicyclic amines) is 1. The first-order chi connectivity index (χ1) is 20.4. The maximum absolute atomic E-state index is 13.7. The minimum Gasteiger partial charge on any atom is -0.491 e. The van der Waals surface area contributed by atoms with Crippen LogP contribution in [0.4, 0.5) is 21.6 Å². The van der Waals surface area contributed by atoms with Crippen LogP contribution in [0.1, 0.15) is 39.5 Å². The van der Waals surface area contributed by atoms with E-state index in [2.05, 4.69) is 44.2 Å². The predicted molar refractivity (Wildman–Crippen MR) is 167 cm³/mol. The van der Waals surface area contributed by atoms with Crippen LogP contribution in [0.15, 0.2) is 48.8 Å². The first-order valence-electron chi connectivity index (χ1n) is 15.0. The first kappa shape index (κ1) is 30.2. The van der Waals surface area contributed by atoms with Crippen molar-refractivity contribution < 1.29 is 13.9 Å². The van der Waals surface area contributed by atoms with Gasteiger partial charge in [-0.3, -0.25) is 9.69 Å². The Hall–Kier alpha value is -3.27. The molecule has 0 unspecified atom stereocenters. The van der Waals surface area contributed by atoms with Crippen LogP contribution in [0.2, 0.25) is 5.02 Å². The number of nitrogens with one attached hydrogen (secondary N) is 2. The lowest BCUT2D eigenvalue weighted by Gasteiger charge is -2.33. The van der Waals surface area contributed by atoms with E-state index >= 15 is 0 Å². The van der Waals surface area contributed by atoms with Crippen molar-refractivity contribution in [2.75, 3.05) is 56.5 Å². The van der Waals surface area contributed by atoms with Crippen LogP contribution in [-0.2, 0) is 4.79 Å². The molecule has 1 aromatic heterocycles. The fourth-order valence-electron chi connectivity index (χ4n) is 5.29. The molecule has 2 fully saturated rings. The van der Waals surface area contributed by atoms with Crippen molar-refractivity contribution in [3.05, 3.63) is 59.7 Å². The first-order valence-corrected chi connectivity index (χ1v) is 15.4. The van der Waals surface area contributed by atoms with E-state index in [4.69, 9.17) is 16.3 Å². The summed E-state index contributed by atoms with van der Waals surface area (Å²) in [5.74, 6) is 1.65. The van der Waals surface area contributed by atoms with Gasteiger partial charge in [0.15, 0.2) is 0 Å². The summed E-state index contributed by atoms with van der Waals surface area (Å²) in [4.78, 5) is 26.7. The maximum atomic E-state index is 13.7. The Labute approximate surface area is 252 Å². The number of rotatable bonds is 13. The highest BCUT2D eigenvalue weighted by molar-refractivity contribution is 6.31. The van der Waals surface area contributed by atoms with Crippen LogP contribution in [0.5, 0.6) is 5.75 Å². The molecule has 0 atom stereocenters. The lowest BCUT2D eigenvalue weighted by molar-refractivity contribution is -0.111. The minimum absolute atomic E-state index is 0.0119. The zero-order valence-electron chi connectivity index (χ0n) is 24.4. The van der Waals surface area contributed by atoms with Gasteiger partial charge >= 0.3 is 0 Å². The number of aromatic nitrogens is 2. The van der Waals surface area contributed by atoms with E-state index in [1.807, 2.05) is 18.2 Å². The van der Waals surface area contributed by atoms with Crippen molar-refractivity contribution in [2.45, 2.75) is 39.5 Å². The molecule has 1 saturated heterocycles. The maximum Gasteiger partial charge on any atom is 0.248 e. The van der Waals surface area contributed by atoms with Gasteiger partial charge < -0.3 is 20.3 Å². The molecule has 2 heterocycles. The summed E-state index contributed by atoms with van der Waals surface area (Å²) < 4.78 is 19.8. The number of fused-ring (bicyclic) bond motifs is 1. The summed E-state index contributed by atoms with van der Waals surface area (Å²) in [5, 5.41) is 6.89. The minimum atomic E-state index is -0.495. The molecule has 0 bridgehead atoms. The van der Waals surface area contributed by atoms with Crippen molar-refractivity contribution in [1.29, 1.82) is 0 Å². The Kier molecular flexibility index (Phi) is 10.3. The Morgan fingerprint density at radius 3 is 2.62 bits per heavy atom. The van der Waals surface area contributed by atoms with E-state index in [9.17, 15) is 9.18 Å². The fraction of sp³-hybridized carbons (Fsp3) is 0.469. The Morgan fingerprint density at radius 2 is 1.90 bits per heavy atom. The molecule has 1 aliphatic carbocycles. The zero-order valence-corrected chi connectivity index (χ0v) is 25.2. The number of carbonyl (C=O) groups is 1. The standard InChI is InChI=1S/C32H40ClFN6O2/c1-3-39(4-2)19-22-11-14-40(15-12-22)13-5-6-31(41)38-29-17-25-28(18-30(29)42-20-23-7-8-23)35-21-36-32(25)37-24-9-10-27(34)26(33)16-24/h5-6,9-10,16-18,21-23H,3-4,7-8,11-15,19-20H2,1-2H3,(H,38,41)(H,35,36,37)/b6-5+. The predicted octanol–water partition coefficient (Wildman–Crippen LogP) is 6.50. The van der Waals surface area contributed by atoms with Gasteiger partial charge in [0.2, 0.25) is 5.91 Å². The second-order valence-electron chi connectivity index (χ2n) is 11.2. The Balaban J connectivity index is 1.25. The normalized spacial score (nSPS) is 16.4. The number of halogens is 2. The van der Waals surface area contributed by atoms with Crippen LogP contribution >= 0.6 is 11.6 Å². The fourth-order valence-corrected chi connectivity index (χ4v) is 5.47. The van der Waals surface area contributed by atoms with Crippen molar-refractivity contribution in [1.82, 2.24) is 19.8 Å². The molecule has 1 saturated carbocycles. The summed E-state index contributed by atoms with van der Waals surface area (Å²) in [7, 11) is 0. The van der Waals surface area contributed by atoms with E-state index in [1.165, 1.54) is 37.8 Å². The lowest BCUT2D eigenvalue weighted by Crippen LogP contribution is -2.38. The van der Waals surface area contributed by atoms with Gasteiger partial charge in [-0.25, -0.2) is 14.4 Å². The third kappa shape index (κ3) is 8.18. The largest absolute Gasteiger partial charge is 0.491 e. The van der Waals surface area contributed by atoms with Gasteiger partial charge in [-0.2, -0.15) is 0 Å². The van der Waals surface area contributed by atoms with Gasteiger partial charge in [0.05, 0.1) is 22.8 Å². The van der Waals surface area contributed by atoms with E-state index in [-0.39, 0.29) is 10.9 Å². The van der Waals surface area contributed by atoms with Crippen LogP contribution in [-0.4, -0.2) is 71.6 Å². The molecular weight excluding hydrogens is 555 g/mol. The monoisotopic (exact) mass is 594 g/mol. The molecule has 0 spiro atoms. The second-order valence-corrected chi connectivity index (χ2v) is 11.6. The zero-order chi connectivity index (χ0) is 29.5. The van der Waals surface area contributed by atoms with Gasteiger partial charge in [0, 0.05) is 36.3 Å². The van der Waals surface area contributed by atoms with Gasteiger partial charge in [-0.05, 0) is 88.0 Å². The molecule has 224 valence electrons. The highest BCUT2D eigenvalue weighted by atomic mass is 35.5. The van der Waals surface area contributed by atoms with Gasteiger partial charge in [0.25, 0.3) is 0 Å². The SMILES string of the molecule is CCN(CC)CC1CCN(C/C=C/C(=O)Nc2cc3c(Nc4ccc(F)c(Cl)c4)ncnc3cc2OCC2CC2)CC1. The topological polar surface area (TPSA) is 82.6 Å². The Morgan fingerprint density at radius 1 is 1.12 bits per heavy atom. The number of amides is 1. The summed E-state index contributed by atoms with van der Waals surface area (Å²) >= 11 is 5.97. The number of hydrogen-bond acceptors (Lipinski definition) is 7. The summed E-state index contributed by atoms with van der Waals surface area (Å²) in [6.07, 6.45) is 9.67. The molecular formula is C32H40ClFN6O2. The van der Waals surface area contributed by atoms with Crippen LogP contribution < -0.4 is 15.4 Å². The van der Waals surface area contributed by atoms with Gasteiger partial charge in [0.1, 0.15) is 23.7 Å². The van der Waals surface area contributed by atoms with Gasteiger partial charge in [-0.15, -0.1) is 0 Å².